The minimum Gasteiger partial charge on any atom is -0.481 e. The topological polar surface area (TPSA) is 108 Å². The van der Waals surface area contributed by atoms with Crippen molar-refractivity contribution in [3.63, 3.8) is 0 Å². The number of benzene rings is 3. The highest BCUT2D eigenvalue weighted by atomic mass is 16.7. The Balaban J connectivity index is 1.46. The second-order valence-electron chi connectivity index (χ2n) is 9.60. The molecule has 0 aromatic heterocycles. The second kappa shape index (κ2) is 13.3. The van der Waals surface area contributed by atoms with E-state index in [0.29, 0.717) is 12.1 Å². The quantitative estimate of drug-likeness (QED) is 0.339. The Kier molecular flexibility index (Phi) is 9.62. The van der Waals surface area contributed by atoms with Crippen molar-refractivity contribution in [2.24, 2.45) is 0 Å². The molecule has 3 aromatic carbocycles. The number of aliphatic hydroxyl groups is 1. The van der Waals surface area contributed by atoms with E-state index in [-0.39, 0.29) is 37.6 Å². The molecule has 3 atom stereocenters. The maximum absolute atomic E-state index is 12.0. The molecule has 0 spiro atoms. The van der Waals surface area contributed by atoms with E-state index in [1.54, 1.807) is 12.1 Å². The number of hydrogen-bond acceptors (Lipinski definition) is 6. The minimum atomic E-state index is -1.01. The van der Waals surface area contributed by atoms with E-state index in [0.717, 1.165) is 29.8 Å². The van der Waals surface area contributed by atoms with Crippen molar-refractivity contribution in [1.29, 1.82) is 0 Å². The number of carbonyl (C=O) groups is 2. The lowest BCUT2D eigenvalue weighted by Crippen LogP contribution is -2.37. The van der Waals surface area contributed by atoms with Gasteiger partial charge in [0.1, 0.15) is 0 Å². The number of hydrogen-bond donors (Lipinski definition) is 3. The predicted molar refractivity (Wildman–Crippen MR) is 143 cm³/mol. The molecule has 1 aliphatic heterocycles. The smallest absolute Gasteiger partial charge is 0.303 e. The Hall–Kier alpha value is -3.56. The molecule has 3 N–H and O–H groups in total. The fourth-order valence-electron chi connectivity index (χ4n) is 4.51. The molecular weight excluding hydrogens is 484 g/mol. The van der Waals surface area contributed by atoms with E-state index in [1.165, 1.54) is 5.56 Å². The van der Waals surface area contributed by atoms with Gasteiger partial charge in [0.2, 0.25) is 5.91 Å². The van der Waals surface area contributed by atoms with E-state index in [4.69, 9.17) is 14.6 Å². The first-order chi connectivity index (χ1) is 18.4. The average Bonchev–Trinajstić information content (AvgIpc) is 2.92. The molecule has 0 radical (unpaired) electrons. The molecule has 8 nitrogen and oxygen atoms in total. The van der Waals surface area contributed by atoms with Crippen molar-refractivity contribution in [3.05, 3.63) is 101 Å². The number of amides is 1. The van der Waals surface area contributed by atoms with Crippen LogP contribution in [-0.4, -0.2) is 46.7 Å². The van der Waals surface area contributed by atoms with E-state index in [1.807, 2.05) is 54.6 Å². The molecule has 1 saturated heterocycles. The van der Waals surface area contributed by atoms with Crippen LogP contribution in [0.1, 0.15) is 53.9 Å². The van der Waals surface area contributed by atoms with Crippen molar-refractivity contribution in [1.82, 2.24) is 4.90 Å². The molecule has 0 saturated carbocycles. The van der Waals surface area contributed by atoms with Crippen LogP contribution in [0.25, 0.3) is 0 Å². The Labute approximate surface area is 222 Å². The summed E-state index contributed by atoms with van der Waals surface area (Å²) in [5.74, 6) is -1.36. The van der Waals surface area contributed by atoms with Gasteiger partial charge in [-0.2, -0.15) is 0 Å². The molecule has 4 rings (SSSR count). The second-order valence-corrected chi connectivity index (χ2v) is 9.60. The molecule has 1 fully saturated rings. The number of rotatable bonds is 11. The predicted octanol–water partition coefficient (Wildman–Crippen LogP) is 4.66. The number of carbonyl (C=O) groups excluding carboxylic acids is 1. The van der Waals surface area contributed by atoms with Crippen molar-refractivity contribution in [2.45, 2.75) is 50.9 Å². The fourth-order valence-corrected chi connectivity index (χ4v) is 4.51. The Bertz CT molecular complexity index is 1180. The Morgan fingerprint density at radius 2 is 1.58 bits per heavy atom. The Morgan fingerprint density at radius 1 is 0.895 bits per heavy atom. The zero-order valence-electron chi connectivity index (χ0n) is 21.5. The lowest BCUT2D eigenvalue weighted by Gasteiger charge is -2.38. The van der Waals surface area contributed by atoms with Crippen molar-refractivity contribution in [2.75, 3.05) is 18.9 Å². The lowest BCUT2D eigenvalue weighted by molar-refractivity contribution is -0.252. The highest BCUT2D eigenvalue weighted by Crippen LogP contribution is 2.38. The molecule has 1 heterocycles. The first-order valence-electron chi connectivity index (χ1n) is 12.7. The summed E-state index contributed by atoms with van der Waals surface area (Å²) in [6, 6.07) is 25.3. The molecule has 1 aliphatic rings. The number of carboxylic acids is 1. The van der Waals surface area contributed by atoms with Crippen LogP contribution in [0.5, 0.6) is 0 Å². The van der Waals surface area contributed by atoms with Crippen molar-refractivity contribution >= 4 is 17.6 Å². The number of carboxylic acid groups (broad SMARTS) is 1. The Morgan fingerprint density at radius 3 is 2.24 bits per heavy atom. The fraction of sp³-hybridized carbons (Fsp3) is 0.333. The zero-order valence-corrected chi connectivity index (χ0v) is 21.5. The molecule has 3 unspecified atom stereocenters. The molecular formula is C30H34N2O6. The van der Waals surface area contributed by atoms with Crippen LogP contribution in [0.3, 0.4) is 0 Å². The van der Waals surface area contributed by atoms with Gasteiger partial charge in [-0.05, 0) is 35.9 Å². The SMILES string of the molecule is CN(Cc1ccccc1)CC1CC(c2ccc(CO)cc2)OC(c2ccc(NC(=O)CCC(=O)O)cc2)O1. The number of aliphatic carboxylic acids is 1. The summed E-state index contributed by atoms with van der Waals surface area (Å²) in [6.07, 6.45) is -0.480. The van der Waals surface area contributed by atoms with Gasteiger partial charge in [0, 0.05) is 37.2 Å². The number of likely N-dealkylation sites (N-methyl/N-ethyl adjacent to an activating group) is 1. The number of aliphatic hydroxyl groups excluding tert-OH is 1. The van der Waals surface area contributed by atoms with Crippen LogP contribution in [-0.2, 0) is 32.2 Å². The van der Waals surface area contributed by atoms with Crippen LogP contribution >= 0.6 is 0 Å². The van der Waals surface area contributed by atoms with Gasteiger partial charge >= 0.3 is 5.97 Å². The summed E-state index contributed by atoms with van der Waals surface area (Å²) in [5.41, 5.74) is 4.50. The zero-order chi connectivity index (χ0) is 26.9. The largest absolute Gasteiger partial charge is 0.481 e. The standard InChI is InChI=1S/C30H34N2O6/c1-32(18-21-5-3-2-4-6-21)19-26-17-27(23-9-7-22(20-33)8-10-23)38-30(37-26)24-11-13-25(14-12-24)31-28(34)15-16-29(35)36/h2-14,26-27,30,33H,15-20H2,1H3,(H,31,34)(H,35,36). The third-order valence-corrected chi connectivity index (χ3v) is 6.46. The van der Waals surface area contributed by atoms with Gasteiger partial charge in [-0.1, -0.05) is 66.7 Å². The summed E-state index contributed by atoms with van der Waals surface area (Å²) in [6.45, 7) is 1.51. The van der Waals surface area contributed by atoms with Crippen LogP contribution in [0.15, 0.2) is 78.9 Å². The van der Waals surface area contributed by atoms with Crippen molar-refractivity contribution < 1.29 is 29.3 Å². The maximum atomic E-state index is 12.0. The van der Waals surface area contributed by atoms with Gasteiger partial charge in [0.25, 0.3) is 0 Å². The molecule has 38 heavy (non-hydrogen) atoms. The van der Waals surface area contributed by atoms with Gasteiger partial charge in [0.15, 0.2) is 6.29 Å². The van der Waals surface area contributed by atoms with E-state index >= 15 is 0 Å². The normalized spacial score (nSPS) is 19.3. The summed E-state index contributed by atoms with van der Waals surface area (Å²) in [4.78, 5) is 24.9. The number of nitrogens with zero attached hydrogens (tertiary/aromatic N) is 1. The molecule has 8 heteroatoms. The number of ether oxygens (including phenoxy) is 2. The summed E-state index contributed by atoms with van der Waals surface area (Å²) in [7, 11) is 2.08. The molecule has 0 bridgehead atoms. The van der Waals surface area contributed by atoms with Gasteiger partial charge in [0.05, 0.1) is 25.2 Å². The summed E-state index contributed by atoms with van der Waals surface area (Å²) >= 11 is 0. The van der Waals surface area contributed by atoms with Gasteiger partial charge in [-0.25, -0.2) is 0 Å². The first-order valence-corrected chi connectivity index (χ1v) is 12.7. The maximum Gasteiger partial charge on any atom is 0.303 e. The third-order valence-electron chi connectivity index (χ3n) is 6.46. The van der Waals surface area contributed by atoms with E-state index in [9.17, 15) is 14.7 Å². The molecule has 3 aromatic rings. The summed E-state index contributed by atoms with van der Waals surface area (Å²) in [5, 5.41) is 20.9. The van der Waals surface area contributed by atoms with Crippen LogP contribution in [0, 0.1) is 0 Å². The monoisotopic (exact) mass is 518 g/mol. The molecule has 200 valence electrons. The van der Waals surface area contributed by atoms with E-state index in [2.05, 4.69) is 29.4 Å². The highest BCUT2D eigenvalue weighted by molar-refractivity contribution is 5.92. The van der Waals surface area contributed by atoms with Gasteiger partial charge in [-0.15, -0.1) is 0 Å². The van der Waals surface area contributed by atoms with Crippen LogP contribution in [0.4, 0.5) is 5.69 Å². The van der Waals surface area contributed by atoms with Crippen LogP contribution < -0.4 is 5.32 Å². The van der Waals surface area contributed by atoms with Gasteiger partial charge in [-0.3, -0.25) is 14.5 Å². The van der Waals surface area contributed by atoms with Crippen LogP contribution in [0.2, 0.25) is 0 Å². The number of anilines is 1. The lowest BCUT2D eigenvalue weighted by atomic mass is 9.99. The third kappa shape index (κ3) is 7.97. The molecule has 0 aliphatic carbocycles. The van der Waals surface area contributed by atoms with Crippen molar-refractivity contribution in [3.8, 4) is 0 Å². The van der Waals surface area contributed by atoms with E-state index < -0.39 is 12.3 Å². The minimum absolute atomic E-state index is 0.0103. The average molecular weight is 519 g/mol. The summed E-state index contributed by atoms with van der Waals surface area (Å²) < 4.78 is 12.8. The van der Waals surface area contributed by atoms with Gasteiger partial charge < -0.3 is 25.0 Å². The first kappa shape index (κ1) is 27.5. The molecule has 1 amide bonds. The number of nitrogens with one attached hydrogen (secondary N) is 1. The highest BCUT2D eigenvalue weighted by Gasteiger charge is 2.32.